The zero-order valence-corrected chi connectivity index (χ0v) is 18.4. The van der Waals surface area contributed by atoms with Gasteiger partial charge in [-0.25, -0.2) is 0 Å². The van der Waals surface area contributed by atoms with Crippen molar-refractivity contribution in [1.82, 2.24) is 20.0 Å². The van der Waals surface area contributed by atoms with Gasteiger partial charge in [-0.1, -0.05) is 30.3 Å². The monoisotopic (exact) mass is 426 g/mol. The molecule has 2 aliphatic rings. The minimum Gasteiger partial charge on any atom is -0.391 e. The number of aliphatic hydroxyl groups is 1. The minimum atomic E-state index is -0.355. The number of nitrogens with zero attached hydrogens (tertiary/aromatic N) is 3. The third kappa shape index (κ3) is 5.34. The molecule has 2 heterocycles. The Bertz CT molecular complexity index is 850. The summed E-state index contributed by atoms with van der Waals surface area (Å²) in [6, 6.07) is 10.6. The Morgan fingerprint density at radius 3 is 2.68 bits per heavy atom. The van der Waals surface area contributed by atoms with Crippen molar-refractivity contribution in [3.63, 3.8) is 0 Å². The van der Waals surface area contributed by atoms with E-state index in [1.54, 1.807) is 10.9 Å². The lowest BCUT2D eigenvalue weighted by Crippen LogP contribution is -2.48. The van der Waals surface area contributed by atoms with Crippen molar-refractivity contribution in [3.05, 3.63) is 53.9 Å². The molecular formula is C24H34N4O3. The second-order valence-corrected chi connectivity index (χ2v) is 9.00. The maximum atomic E-state index is 12.7. The molecule has 1 saturated carbocycles. The van der Waals surface area contributed by atoms with Crippen LogP contribution < -0.4 is 5.32 Å². The van der Waals surface area contributed by atoms with Crippen LogP contribution in [-0.2, 0) is 21.5 Å². The molecule has 1 aliphatic carbocycles. The van der Waals surface area contributed by atoms with E-state index in [0.717, 1.165) is 57.6 Å². The zero-order chi connectivity index (χ0) is 21.7. The molecule has 0 unspecified atom stereocenters. The first kappa shape index (κ1) is 22.0. The predicted molar refractivity (Wildman–Crippen MR) is 119 cm³/mol. The Hall–Kier alpha value is -2.22. The van der Waals surface area contributed by atoms with E-state index in [1.165, 1.54) is 5.56 Å². The number of carbonyl (C=O) groups excluding carboxylic acids is 1. The van der Waals surface area contributed by atoms with Gasteiger partial charge >= 0.3 is 0 Å². The molecule has 168 valence electrons. The molecule has 1 aromatic heterocycles. The summed E-state index contributed by atoms with van der Waals surface area (Å²) in [5.74, 6) is -0.0343. The summed E-state index contributed by atoms with van der Waals surface area (Å²) in [6.45, 7) is 5.97. The molecule has 1 saturated heterocycles. The lowest BCUT2D eigenvalue weighted by molar-refractivity contribution is -0.122. The topological polar surface area (TPSA) is 79.6 Å². The fraction of sp³-hybridized carbons (Fsp3) is 0.583. The average Bonchev–Trinajstić information content (AvgIpc) is 3.12. The van der Waals surface area contributed by atoms with Crippen molar-refractivity contribution in [3.8, 4) is 0 Å². The van der Waals surface area contributed by atoms with E-state index in [4.69, 9.17) is 4.74 Å². The van der Waals surface area contributed by atoms with Crippen molar-refractivity contribution >= 4 is 5.91 Å². The molecule has 1 aromatic carbocycles. The van der Waals surface area contributed by atoms with E-state index < -0.39 is 0 Å². The van der Waals surface area contributed by atoms with Crippen LogP contribution in [0.2, 0.25) is 0 Å². The summed E-state index contributed by atoms with van der Waals surface area (Å²) in [5, 5.41) is 18.4. The predicted octanol–water partition coefficient (Wildman–Crippen LogP) is 1.88. The first-order chi connectivity index (χ1) is 15.1. The summed E-state index contributed by atoms with van der Waals surface area (Å²) in [6.07, 6.45) is 6.69. The van der Waals surface area contributed by atoms with Crippen molar-refractivity contribution in [1.29, 1.82) is 0 Å². The number of rotatable bonds is 6. The smallest absolute Gasteiger partial charge is 0.241 e. The number of aromatic nitrogens is 2. The van der Waals surface area contributed by atoms with Gasteiger partial charge in [-0.3, -0.25) is 14.4 Å². The maximum Gasteiger partial charge on any atom is 0.241 e. The van der Waals surface area contributed by atoms with Crippen LogP contribution >= 0.6 is 0 Å². The van der Waals surface area contributed by atoms with Gasteiger partial charge in [0.15, 0.2) is 0 Å². The molecule has 2 fully saturated rings. The Labute approximate surface area is 184 Å². The molecule has 7 nitrogen and oxygen atoms in total. The third-order valence-corrected chi connectivity index (χ3v) is 6.87. The molecule has 0 radical (unpaired) electrons. The van der Waals surface area contributed by atoms with Gasteiger partial charge in [0.05, 0.1) is 25.5 Å². The number of morpholine rings is 1. The Morgan fingerprint density at radius 2 is 1.97 bits per heavy atom. The van der Waals surface area contributed by atoms with Crippen molar-refractivity contribution in [2.75, 3.05) is 32.8 Å². The number of amides is 1. The summed E-state index contributed by atoms with van der Waals surface area (Å²) < 4.78 is 7.18. The SMILES string of the molecule is Cc1cnn(CC(=O)NC[C@]2(c3ccccc3)CC[C@@H](O)[C@H](N3CCOCC3)CC2)c1. The van der Waals surface area contributed by atoms with Gasteiger partial charge in [0.25, 0.3) is 0 Å². The Balaban J connectivity index is 1.48. The molecular weight excluding hydrogens is 392 g/mol. The Morgan fingerprint density at radius 1 is 1.23 bits per heavy atom. The van der Waals surface area contributed by atoms with Crippen LogP contribution in [0.4, 0.5) is 0 Å². The van der Waals surface area contributed by atoms with Crippen molar-refractivity contribution < 1.29 is 14.6 Å². The van der Waals surface area contributed by atoms with Crippen LogP contribution in [0, 0.1) is 6.92 Å². The van der Waals surface area contributed by atoms with E-state index in [0.29, 0.717) is 6.54 Å². The van der Waals surface area contributed by atoms with Crippen molar-refractivity contribution in [2.24, 2.45) is 0 Å². The van der Waals surface area contributed by atoms with Gasteiger partial charge in [0, 0.05) is 37.3 Å². The number of aryl methyl sites for hydroxylation is 1. The number of benzene rings is 1. The van der Waals surface area contributed by atoms with E-state index in [1.807, 2.05) is 19.2 Å². The fourth-order valence-corrected chi connectivity index (χ4v) is 5.08. The second-order valence-electron chi connectivity index (χ2n) is 9.00. The lowest BCUT2D eigenvalue weighted by Gasteiger charge is -2.37. The number of ether oxygens (including phenoxy) is 1. The number of aliphatic hydroxyl groups excluding tert-OH is 1. The quantitative estimate of drug-likeness (QED) is 0.690. The van der Waals surface area contributed by atoms with Crippen LogP contribution in [0.15, 0.2) is 42.7 Å². The van der Waals surface area contributed by atoms with Gasteiger partial charge in [-0.15, -0.1) is 0 Å². The summed E-state index contributed by atoms with van der Waals surface area (Å²) in [7, 11) is 0. The first-order valence-corrected chi connectivity index (χ1v) is 11.4. The van der Waals surface area contributed by atoms with Gasteiger partial charge in [-0.05, 0) is 43.7 Å². The molecule has 0 spiro atoms. The van der Waals surface area contributed by atoms with Gasteiger partial charge in [0.2, 0.25) is 5.91 Å². The molecule has 3 atom stereocenters. The van der Waals surface area contributed by atoms with E-state index in [9.17, 15) is 9.90 Å². The van der Waals surface area contributed by atoms with Gasteiger partial charge < -0.3 is 15.2 Å². The molecule has 31 heavy (non-hydrogen) atoms. The zero-order valence-electron chi connectivity index (χ0n) is 18.4. The minimum absolute atomic E-state index is 0.0343. The van der Waals surface area contributed by atoms with Crippen LogP contribution in [0.3, 0.4) is 0 Å². The van der Waals surface area contributed by atoms with Crippen LogP contribution in [0.5, 0.6) is 0 Å². The average molecular weight is 427 g/mol. The third-order valence-electron chi connectivity index (χ3n) is 6.87. The van der Waals surface area contributed by atoms with Crippen LogP contribution in [0.25, 0.3) is 0 Å². The lowest BCUT2D eigenvalue weighted by atomic mass is 9.74. The number of nitrogens with one attached hydrogen (secondary N) is 1. The first-order valence-electron chi connectivity index (χ1n) is 11.4. The highest BCUT2D eigenvalue weighted by molar-refractivity contribution is 5.75. The van der Waals surface area contributed by atoms with Crippen LogP contribution in [-0.4, -0.2) is 70.7 Å². The Kier molecular flexibility index (Phi) is 7.05. The van der Waals surface area contributed by atoms with Crippen molar-refractivity contribution in [2.45, 2.75) is 56.7 Å². The van der Waals surface area contributed by atoms with Crippen LogP contribution in [0.1, 0.15) is 36.8 Å². The van der Waals surface area contributed by atoms with E-state index in [2.05, 4.69) is 39.6 Å². The fourth-order valence-electron chi connectivity index (χ4n) is 5.08. The largest absolute Gasteiger partial charge is 0.391 e. The normalized spacial score (nSPS) is 27.5. The molecule has 7 heteroatoms. The highest BCUT2D eigenvalue weighted by atomic mass is 16.5. The molecule has 2 aromatic rings. The molecule has 2 N–H and O–H groups in total. The molecule has 1 aliphatic heterocycles. The van der Waals surface area contributed by atoms with E-state index in [-0.39, 0.29) is 30.0 Å². The van der Waals surface area contributed by atoms with Gasteiger partial charge in [0.1, 0.15) is 6.54 Å². The second kappa shape index (κ2) is 9.94. The maximum absolute atomic E-state index is 12.7. The summed E-state index contributed by atoms with van der Waals surface area (Å²) in [5.41, 5.74) is 2.10. The van der Waals surface area contributed by atoms with Gasteiger partial charge in [-0.2, -0.15) is 5.10 Å². The molecule has 1 amide bonds. The molecule has 0 bridgehead atoms. The highest BCUT2D eigenvalue weighted by Gasteiger charge is 2.40. The number of hydrogen-bond donors (Lipinski definition) is 2. The highest BCUT2D eigenvalue weighted by Crippen LogP contribution is 2.39. The summed E-state index contributed by atoms with van der Waals surface area (Å²) >= 11 is 0. The van der Waals surface area contributed by atoms with E-state index >= 15 is 0 Å². The number of carbonyl (C=O) groups is 1. The number of hydrogen-bond acceptors (Lipinski definition) is 5. The molecule has 4 rings (SSSR count). The summed E-state index contributed by atoms with van der Waals surface area (Å²) in [4.78, 5) is 15.0. The standard InChI is InChI=1S/C24H34N4O3/c1-19-15-26-28(16-19)17-23(30)25-18-24(20-5-3-2-4-6-20)9-7-21(22(29)8-10-24)27-11-13-31-14-12-27/h2-6,15-16,21-22,29H,7-14,17-18H2,1H3,(H,25,30)/t21-,22-,24-/m1/s1.